The van der Waals surface area contributed by atoms with Crippen LogP contribution in [0.4, 0.5) is 4.39 Å². The zero-order valence-corrected chi connectivity index (χ0v) is 11.4. The fraction of sp³-hybridized carbons (Fsp3) is 0.231. The first kappa shape index (κ1) is 13.1. The van der Waals surface area contributed by atoms with Crippen molar-refractivity contribution in [2.24, 2.45) is 5.73 Å². The van der Waals surface area contributed by atoms with Crippen LogP contribution in [0.2, 0.25) is 0 Å². The highest BCUT2D eigenvalue weighted by Gasteiger charge is 2.16. The van der Waals surface area contributed by atoms with E-state index in [0.717, 1.165) is 5.76 Å². The van der Waals surface area contributed by atoms with E-state index in [1.165, 1.54) is 12.1 Å². The molecule has 0 saturated heterocycles. The first-order valence-corrected chi connectivity index (χ1v) is 6.27. The lowest BCUT2D eigenvalue weighted by atomic mass is 10.2. The second-order valence-electron chi connectivity index (χ2n) is 3.87. The molecule has 2 N–H and O–H groups in total. The van der Waals surface area contributed by atoms with Crippen molar-refractivity contribution >= 4 is 15.9 Å². The lowest BCUT2D eigenvalue weighted by molar-refractivity contribution is 0.181. The van der Waals surface area contributed by atoms with Crippen molar-refractivity contribution in [2.75, 3.05) is 6.54 Å². The maximum Gasteiger partial charge on any atom is 0.168 e. The normalized spacial score (nSPS) is 12.4. The maximum atomic E-state index is 13.0. The molecular formula is C13H13BrFNO2. The minimum atomic E-state index is -0.388. The Morgan fingerprint density at radius 1 is 1.39 bits per heavy atom. The molecular weight excluding hydrogens is 301 g/mol. The number of aryl methyl sites for hydroxylation is 1. The molecule has 0 fully saturated rings. The highest BCUT2D eigenvalue weighted by Crippen LogP contribution is 2.30. The van der Waals surface area contributed by atoms with Crippen molar-refractivity contribution in [1.82, 2.24) is 0 Å². The van der Waals surface area contributed by atoms with E-state index in [4.69, 9.17) is 14.9 Å². The van der Waals surface area contributed by atoms with E-state index in [1.807, 2.05) is 19.1 Å². The van der Waals surface area contributed by atoms with Gasteiger partial charge in [0.2, 0.25) is 0 Å². The summed E-state index contributed by atoms with van der Waals surface area (Å²) in [6.07, 6.45) is -0.388. The molecule has 1 aromatic heterocycles. The van der Waals surface area contributed by atoms with Gasteiger partial charge in [0, 0.05) is 6.54 Å². The minimum Gasteiger partial charge on any atom is -0.480 e. The van der Waals surface area contributed by atoms with Crippen LogP contribution in [0.1, 0.15) is 17.6 Å². The molecule has 0 bridgehead atoms. The van der Waals surface area contributed by atoms with Crippen molar-refractivity contribution < 1.29 is 13.5 Å². The van der Waals surface area contributed by atoms with Crippen molar-refractivity contribution in [1.29, 1.82) is 0 Å². The minimum absolute atomic E-state index is 0.275. The summed E-state index contributed by atoms with van der Waals surface area (Å²) < 4.78 is 24.7. The molecule has 1 aromatic carbocycles. The predicted molar refractivity (Wildman–Crippen MR) is 70.0 cm³/mol. The number of furan rings is 1. The monoisotopic (exact) mass is 313 g/mol. The van der Waals surface area contributed by atoms with E-state index in [2.05, 4.69) is 15.9 Å². The van der Waals surface area contributed by atoms with E-state index in [9.17, 15) is 4.39 Å². The molecule has 0 aliphatic rings. The number of rotatable bonds is 4. The molecule has 0 radical (unpaired) electrons. The lowest BCUT2D eigenvalue weighted by Gasteiger charge is -2.16. The van der Waals surface area contributed by atoms with Crippen LogP contribution < -0.4 is 10.5 Å². The first-order chi connectivity index (χ1) is 8.60. The summed E-state index contributed by atoms with van der Waals surface area (Å²) >= 11 is 3.25. The van der Waals surface area contributed by atoms with Crippen LogP contribution in [-0.4, -0.2) is 6.54 Å². The molecule has 0 aliphatic carbocycles. The number of hydrogen-bond acceptors (Lipinski definition) is 3. The Balaban J connectivity index is 2.20. The summed E-state index contributed by atoms with van der Waals surface area (Å²) in [5.74, 6) is 1.66. The molecule has 5 heteroatoms. The van der Waals surface area contributed by atoms with Crippen LogP contribution in [0.25, 0.3) is 0 Å². The largest absolute Gasteiger partial charge is 0.480 e. The SMILES string of the molecule is Cc1ccc(C(CN)Oc2ccc(F)cc2Br)o1. The van der Waals surface area contributed by atoms with Crippen molar-refractivity contribution in [3.63, 3.8) is 0 Å². The molecule has 2 aromatic rings. The summed E-state index contributed by atoms with van der Waals surface area (Å²) in [6.45, 7) is 2.13. The summed E-state index contributed by atoms with van der Waals surface area (Å²) in [4.78, 5) is 0. The van der Waals surface area contributed by atoms with Gasteiger partial charge in [-0.05, 0) is 53.2 Å². The Morgan fingerprint density at radius 2 is 2.17 bits per heavy atom. The molecule has 2 rings (SSSR count). The maximum absolute atomic E-state index is 13.0. The van der Waals surface area contributed by atoms with E-state index < -0.39 is 0 Å². The average molecular weight is 314 g/mol. The Labute approximate surface area is 113 Å². The topological polar surface area (TPSA) is 48.4 Å². The fourth-order valence-electron chi connectivity index (χ4n) is 1.57. The Bertz CT molecular complexity index is 542. The molecule has 1 heterocycles. The zero-order chi connectivity index (χ0) is 13.1. The fourth-order valence-corrected chi connectivity index (χ4v) is 2.02. The number of ether oxygens (including phenoxy) is 1. The summed E-state index contributed by atoms with van der Waals surface area (Å²) in [5.41, 5.74) is 5.67. The third kappa shape index (κ3) is 2.91. The Kier molecular flexibility index (Phi) is 4.04. The van der Waals surface area contributed by atoms with Crippen LogP contribution >= 0.6 is 15.9 Å². The van der Waals surface area contributed by atoms with Crippen LogP contribution in [0.5, 0.6) is 5.75 Å². The van der Waals surface area contributed by atoms with Gasteiger partial charge in [0.25, 0.3) is 0 Å². The lowest BCUT2D eigenvalue weighted by Crippen LogP contribution is -2.18. The molecule has 1 unspecified atom stereocenters. The van der Waals surface area contributed by atoms with Gasteiger partial charge in [-0.2, -0.15) is 0 Å². The quantitative estimate of drug-likeness (QED) is 0.938. The molecule has 0 aliphatic heterocycles. The van der Waals surface area contributed by atoms with Crippen molar-refractivity contribution in [3.8, 4) is 5.75 Å². The number of benzene rings is 1. The summed E-state index contributed by atoms with van der Waals surface area (Å²) in [6, 6.07) is 7.90. The van der Waals surface area contributed by atoms with E-state index in [0.29, 0.717) is 16.0 Å². The van der Waals surface area contributed by atoms with Gasteiger partial charge >= 0.3 is 0 Å². The number of halogens is 2. The third-order valence-electron chi connectivity index (χ3n) is 2.46. The summed E-state index contributed by atoms with van der Waals surface area (Å²) in [5, 5.41) is 0. The highest BCUT2D eigenvalue weighted by atomic mass is 79.9. The second kappa shape index (κ2) is 5.54. The van der Waals surface area contributed by atoms with Crippen LogP contribution in [0.3, 0.4) is 0 Å². The van der Waals surface area contributed by atoms with E-state index in [1.54, 1.807) is 6.07 Å². The molecule has 18 heavy (non-hydrogen) atoms. The van der Waals surface area contributed by atoms with Gasteiger partial charge in [-0.15, -0.1) is 0 Å². The van der Waals surface area contributed by atoms with E-state index in [-0.39, 0.29) is 18.5 Å². The molecule has 0 saturated carbocycles. The van der Waals surface area contributed by atoms with Gasteiger partial charge in [-0.25, -0.2) is 4.39 Å². The molecule has 1 atom stereocenters. The van der Waals surface area contributed by atoms with Crippen LogP contribution in [0.15, 0.2) is 39.2 Å². The van der Waals surface area contributed by atoms with Gasteiger partial charge in [0.05, 0.1) is 4.47 Å². The Morgan fingerprint density at radius 3 is 2.72 bits per heavy atom. The molecule has 0 amide bonds. The number of hydrogen-bond donors (Lipinski definition) is 1. The van der Waals surface area contributed by atoms with Gasteiger partial charge < -0.3 is 14.9 Å². The van der Waals surface area contributed by atoms with Gasteiger partial charge in [-0.3, -0.25) is 0 Å². The Hall–Kier alpha value is -1.33. The average Bonchev–Trinajstić information content (AvgIpc) is 2.75. The van der Waals surface area contributed by atoms with Crippen molar-refractivity contribution in [3.05, 3.63) is 52.1 Å². The third-order valence-corrected chi connectivity index (χ3v) is 3.08. The zero-order valence-electron chi connectivity index (χ0n) is 9.82. The smallest absolute Gasteiger partial charge is 0.168 e. The first-order valence-electron chi connectivity index (χ1n) is 5.48. The van der Waals surface area contributed by atoms with Gasteiger partial charge in [0.1, 0.15) is 23.1 Å². The van der Waals surface area contributed by atoms with Gasteiger partial charge in [-0.1, -0.05) is 0 Å². The van der Waals surface area contributed by atoms with Crippen LogP contribution in [0, 0.1) is 12.7 Å². The number of nitrogens with two attached hydrogens (primary N) is 1. The molecule has 0 spiro atoms. The highest BCUT2D eigenvalue weighted by molar-refractivity contribution is 9.10. The predicted octanol–water partition coefficient (Wildman–Crippen LogP) is 3.57. The molecule has 96 valence electrons. The standard InChI is InChI=1S/C13H13BrFNO2/c1-8-2-4-12(17-8)13(7-16)18-11-5-3-9(15)6-10(11)14/h2-6,13H,7,16H2,1H3. The second-order valence-corrected chi connectivity index (χ2v) is 4.72. The molecule has 3 nitrogen and oxygen atoms in total. The van der Waals surface area contributed by atoms with E-state index >= 15 is 0 Å². The van der Waals surface area contributed by atoms with Crippen molar-refractivity contribution in [2.45, 2.75) is 13.0 Å². The summed E-state index contributed by atoms with van der Waals surface area (Å²) in [7, 11) is 0. The van der Waals surface area contributed by atoms with Crippen LogP contribution in [-0.2, 0) is 0 Å². The van der Waals surface area contributed by atoms with Gasteiger partial charge in [0.15, 0.2) is 6.10 Å².